The molecule has 2 heterocycles. The van der Waals surface area contributed by atoms with Crippen molar-refractivity contribution in [1.29, 1.82) is 0 Å². The van der Waals surface area contributed by atoms with Crippen molar-refractivity contribution in [2.75, 3.05) is 0 Å². The van der Waals surface area contributed by atoms with E-state index in [1.54, 1.807) is 0 Å². The van der Waals surface area contributed by atoms with Crippen molar-refractivity contribution in [2.24, 2.45) is 0 Å². The molecular formula is C59H57NS. The highest BCUT2D eigenvalue weighted by Crippen LogP contribution is 2.54. The van der Waals surface area contributed by atoms with Crippen LogP contribution in [-0.4, -0.2) is 4.57 Å². The highest BCUT2D eigenvalue weighted by atomic mass is 32.1. The Morgan fingerprint density at radius 2 is 1.64 bits per heavy atom. The van der Waals surface area contributed by atoms with E-state index in [-0.39, 0.29) is 5.41 Å². The Balaban J connectivity index is 0.00000235. The third-order valence-electron chi connectivity index (χ3n) is 13.2. The lowest BCUT2D eigenvalue weighted by molar-refractivity contribution is 0.660. The van der Waals surface area contributed by atoms with Crippen LogP contribution in [0.5, 0.6) is 0 Å². The molecule has 0 unspecified atom stereocenters. The van der Waals surface area contributed by atoms with Gasteiger partial charge in [0, 0.05) is 42.9 Å². The molecule has 0 bridgehead atoms. The standard InChI is InChI=1S/C57H51NS.C2H6/c1-7-10-16-37(8-2)39-20-22-40(23-21-39)43-25-31-53-49(34-43)48-33-42(38(9-3)32-41-17-12-11-15-36(41)4)24-30-52(48)58(53)44-26-27-47-51(35-44)57(5,6)50-29-28-46-45-18-13-14-19-54(45)59-56(46)55(47)50;1-2/h8-12,14-17,19-23,25-29,31-35H,3,7,13,18,24,30H2,1-2,4-6H3;1-2H3/b16-10-,37-8+,38-32+;. The lowest BCUT2D eigenvalue weighted by atomic mass is 9.82. The van der Waals surface area contributed by atoms with Crippen LogP contribution in [0.1, 0.15) is 110 Å². The topological polar surface area (TPSA) is 4.93 Å². The number of aryl methyl sites for hydroxylation is 2. The molecule has 0 saturated heterocycles. The van der Waals surface area contributed by atoms with Gasteiger partial charge in [0.25, 0.3) is 0 Å². The molecule has 0 aliphatic heterocycles. The van der Waals surface area contributed by atoms with Gasteiger partial charge in [0.15, 0.2) is 0 Å². The smallest absolute Gasteiger partial charge is 0.0538 e. The van der Waals surface area contributed by atoms with Crippen molar-refractivity contribution in [3.8, 4) is 27.9 Å². The van der Waals surface area contributed by atoms with Gasteiger partial charge in [-0.1, -0.05) is 144 Å². The predicted octanol–water partition coefficient (Wildman–Crippen LogP) is 17.1. The molecule has 3 aliphatic carbocycles. The lowest BCUT2D eigenvalue weighted by Gasteiger charge is -2.23. The molecule has 1 nitrogen and oxygen atoms in total. The summed E-state index contributed by atoms with van der Waals surface area (Å²) in [5.41, 5.74) is 22.3. The van der Waals surface area contributed by atoms with Crippen LogP contribution in [0.2, 0.25) is 0 Å². The van der Waals surface area contributed by atoms with E-state index in [0.717, 1.165) is 32.1 Å². The van der Waals surface area contributed by atoms with Crippen molar-refractivity contribution >= 4 is 56.1 Å². The minimum absolute atomic E-state index is 0.108. The fourth-order valence-electron chi connectivity index (χ4n) is 10.0. The Morgan fingerprint density at radius 1 is 0.836 bits per heavy atom. The van der Waals surface area contributed by atoms with Gasteiger partial charge in [-0.3, -0.25) is 0 Å². The highest BCUT2D eigenvalue weighted by molar-refractivity contribution is 7.20. The molecule has 10 rings (SSSR count). The van der Waals surface area contributed by atoms with Gasteiger partial charge in [0.1, 0.15) is 0 Å². The van der Waals surface area contributed by atoms with Gasteiger partial charge in [-0.15, -0.1) is 11.3 Å². The maximum Gasteiger partial charge on any atom is 0.0538 e. The van der Waals surface area contributed by atoms with Gasteiger partial charge in [-0.2, -0.15) is 0 Å². The molecule has 0 radical (unpaired) electrons. The predicted molar refractivity (Wildman–Crippen MR) is 269 cm³/mol. The molecule has 0 spiro atoms. The van der Waals surface area contributed by atoms with Gasteiger partial charge in [0.05, 0.1) is 5.52 Å². The second-order valence-electron chi connectivity index (χ2n) is 17.0. The summed E-state index contributed by atoms with van der Waals surface area (Å²) in [7, 11) is 0. The molecule has 2 aromatic heterocycles. The van der Waals surface area contributed by atoms with Crippen molar-refractivity contribution in [3.05, 3.63) is 195 Å². The van der Waals surface area contributed by atoms with Crippen molar-refractivity contribution in [2.45, 2.75) is 86.0 Å². The maximum absolute atomic E-state index is 4.31. The third-order valence-corrected chi connectivity index (χ3v) is 14.5. The van der Waals surface area contributed by atoms with Crippen molar-refractivity contribution in [1.82, 2.24) is 4.57 Å². The van der Waals surface area contributed by atoms with Gasteiger partial charge >= 0.3 is 0 Å². The van der Waals surface area contributed by atoms with Crippen molar-refractivity contribution in [3.63, 3.8) is 0 Å². The van der Waals surface area contributed by atoms with Crippen LogP contribution in [0.25, 0.3) is 72.7 Å². The molecule has 0 N–H and O–H groups in total. The summed E-state index contributed by atoms with van der Waals surface area (Å²) >= 11 is 1.99. The van der Waals surface area contributed by atoms with E-state index in [1.807, 2.05) is 31.3 Å². The molecule has 3 aliphatic rings. The molecule has 0 amide bonds. The van der Waals surface area contributed by atoms with Crippen LogP contribution < -0.4 is 0 Å². The van der Waals surface area contributed by atoms with Gasteiger partial charge in [0.2, 0.25) is 0 Å². The normalized spacial score (nSPS) is 15.3. The molecule has 5 aromatic carbocycles. The molecule has 304 valence electrons. The molecule has 0 saturated carbocycles. The lowest BCUT2D eigenvalue weighted by Crippen LogP contribution is -2.15. The first kappa shape index (κ1) is 40.4. The highest BCUT2D eigenvalue weighted by Gasteiger charge is 2.38. The molecule has 7 aromatic rings. The van der Waals surface area contributed by atoms with Crippen LogP contribution >= 0.6 is 11.3 Å². The van der Waals surface area contributed by atoms with E-state index in [4.69, 9.17) is 0 Å². The zero-order chi connectivity index (χ0) is 42.4. The van der Waals surface area contributed by atoms with E-state index < -0.39 is 0 Å². The van der Waals surface area contributed by atoms with Crippen LogP contribution in [0.3, 0.4) is 0 Å². The number of hydrogen-bond donors (Lipinski definition) is 0. The SMILES string of the molecule is C=C/C(=C\c1ccccc1C)C1=Cc2c(n(-c3ccc4c(c3)C(C)(C)c3ccc5c6c(sc5c3-4)C=CCC6)c3ccc(-c4ccc(C(/C=C\CC)=C/C)cc4)cc23)CC1.CC. The largest absolute Gasteiger partial charge is 0.313 e. The molecular weight excluding hydrogens is 755 g/mol. The molecule has 2 heteroatoms. The monoisotopic (exact) mass is 811 g/mol. The van der Waals surface area contributed by atoms with E-state index in [0.29, 0.717) is 0 Å². The number of thiophene rings is 1. The zero-order valence-corrected chi connectivity index (χ0v) is 37.8. The van der Waals surface area contributed by atoms with Gasteiger partial charge < -0.3 is 4.57 Å². The Labute approximate surface area is 367 Å². The Kier molecular flexibility index (Phi) is 10.9. The minimum Gasteiger partial charge on any atom is -0.313 e. The summed E-state index contributed by atoms with van der Waals surface area (Å²) in [6.45, 7) is 19.6. The Morgan fingerprint density at radius 3 is 2.41 bits per heavy atom. The second-order valence-corrected chi connectivity index (χ2v) is 18.0. The number of rotatable bonds is 8. The Bertz CT molecular complexity index is 3010. The molecule has 61 heavy (non-hydrogen) atoms. The summed E-state index contributed by atoms with van der Waals surface area (Å²) in [6, 6.07) is 37.0. The first-order valence-electron chi connectivity index (χ1n) is 22.4. The van der Waals surface area contributed by atoms with Crippen LogP contribution in [0, 0.1) is 6.92 Å². The number of hydrogen-bond acceptors (Lipinski definition) is 1. The quantitative estimate of drug-likeness (QED) is 0.135. The van der Waals surface area contributed by atoms with Crippen LogP contribution in [0.4, 0.5) is 0 Å². The van der Waals surface area contributed by atoms with E-state index in [1.165, 1.54) is 115 Å². The second kappa shape index (κ2) is 16.5. The summed E-state index contributed by atoms with van der Waals surface area (Å²) in [5, 5.41) is 2.74. The number of fused-ring (bicyclic) bond motifs is 10. The van der Waals surface area contributed by atoms with Gasteiger partial charge in [-0.25, -0.2) is 0 Å². The maximum atomic E-state index is 4.31. The molecule has 0 fully saturated rings. The summed E-state index contributed by atoms with van der Waals surface area (Å²) < 4.78 is 4.03. The van der Waals surface area contributed by atoms with Crippen LogP contribution in [0.15, 0.2) is 145 Å². The zero-order valence-electron chi connectivity index (χ0n) is 37.0. The minimum atomic E-state index is -0.108. The third kappa shape index (κ3) is 6.86. The van der Waals surface area contributed by atoms with E-state index in [2.05, 4.69) is 185 Å². The summed E-state index contributed by atoms with van der Waals surface area (Å²) in [6.07, 6.45) is 23.4. The fourth-order valence-corrected chi connectivity index (χ4v) is 11.4. The molecule has 0 atom stereocenters. The van der Waals surface area contributed by atoms with E-state index in [9.17, 15) is 0 Å². The van der Waals surface area contributed by atoms with Gasteiger partial charge in [-0.05, 0) is 161 Å². The number of benzene rings is 5. The average Bonchev–Trinajstić information content (AvgIpc) is 3.92. The number of allylic oxidation sites excluding steroid dienone is 8. The summed E-state index contributed by atoms with van der Waals surface area (Å²) in [5.74, 6) is 0. The average molecular weight is 812 g/mol. The fraction of sp³-hybridized carbons (Fsp3) is 0.220. The summed E-state index contributed by atoms with van der Waals surface area (Å²) in [4.78, 5) is 1.44. The number of aromatic nitrogens is 1. The number of nitrogens with zero attached hydrogens (tertiary/aromatic N) is 1. The Hall–Kier alpha value is -5.96. The van der Waals surface area contributed by atoms with Crippen molar-refractivity contribution < 1.29 is 0 Å². The first-order valence-corrected chi connectivity index (χ1v) is 23.2. The van der Waals surface area contributed by atoms with Crippen LogP contribution in [-0.2, 0) is 18.3 Å². The first-order chi connectivity index (χ1) is 29.8. The van der Waals surface area contributed by atoms with E-state index >= 15 is 0 Å².